The van der Waals surface area contributed by atoms with Crippen molar-refractivity contribution in [1.29, 1.82) is 0 Å². The SMILES string of the molecule is CCCN1C(=O)C(O)=C(C(=O)c2cc3cc(Cl)cc(OC)c3o2)C1c1ccc(C)o1. The van der Waals surface area contributed by atoms with Crippen molar-refractivity contribution >= 4 is 34.3 Å². The number of Topliss-reactive ketones (excluding diaryl/α,β-unsaturated/α-hetero) is 1. The number of fused-ring (bicyclic) bond motifs is 1. The van der Waals surface area contributed by atoms with Crippen LogP contribution in [0.3, 0.4) is 0 Å². The van der Waals surface area contributed by atoms with Crippen molar-refractivity contribution in [2.45, 2.75) is 26.3 Å². The summed E-state index contributed by atoms with van der Waals surface area (Å²) in [5.41, 5.74) is 0.275. The largest absolute Gasteiger partial charge is 0.503 e. The van der Waals surface area contributed by atoms with Gasteiger partial charge in [0, 0.05) is 23.0 Å². The molecule has 1 aliphatic heterocycles. The van der Waals surface area contributed by atoms with E-state index in [-0.39, 0.29) is 11.3 Å². The molecule has 0 saturated heterocycles. The van der Waals surface area contributed by atoms with E-state index in [2.05, 4.69) is 0 Å². The van der Waals surface area contributed by atoms with Crippen molar-refractivity contribution in [3.8, 4) is 5.75 Å². The zero-order valence-electron chi connectivity index (χ0n) is 16.7. The van der Waals surface area contributed by atoms with Gasteiger partial charge in [-0.05, 0) is 37.6 Å². The third kappa shape index (κ3) is 3.15. The van der Waals surface area contributed by atoms with Gasteiger partial charge in [0.25, 0.3) is 5.91 Å². The predicted molar refractivity (Wildman–Crippen MR) is 110 cm³/mol. The van der Waals surface area contributed by atoms with Crippen LogP contribution in [-0.2, 0) is 4.79 Å². The number of carbonyl (C=O) groups is 2. The van der Waals surface area contributed by atoms with E-state index in [4.69, 9.17) is 25.2 Å². The molecule has 2 aromatic heterocycles. The summed E-state index contributed by atoms with van der Waals surface area (Å²) in [6.07, 6.45) is 0.650. The number of ketones is 1. The molecule has 1 N–H and O–H groups in total. The van der Waals surface area contributed by atoms with Crippen molar-refractivity contribution < 1.29 is 28.3 Å². The van der Waals surface area contributed by atoms with Gasteiger partial charge in [0.05, 0.1) is 12.7 Å². The van der Waals surface area contributed by atoms with E-state index in [1.165, 1.54) is 18.1 Å². The molecule has 0 spiro atoms. The number of methoxy groups -OCH3 is 1. The third-order valence-electron chi connectivity index (χ3n) is 5.03. The number of aliphatic hydroxyl groups excluding tert-OH is 1. The average molecular weight is 430 g/mol. The number of amides is 1. The molecule has 30 heavy (non-hydrogen) atoms. The summed E-state index contributed by atoms with van der Waals surface area (Å²) in [6, 6.07) is 7.35. The highest BCUT2D eigenvalue weighted by atomic mass is 35.5. The maximum absolute atomic E-state index is 13.4. The highest BCUT2D eigenvalue weighted by molar-refractivity contribution is 6.31. The summed E-state index contributed by atoms with van der Waals surface area (Å²) < 4.78 is 16.7. The molecule has 4 rings (SSSR count). The predicted octanol–water partition coefficient (Wildman–Crippen LogP) is 4.98. The molecule has 7 nitrogen and oxygen atoms in total. The lowest BCUT2D eigenvalue weighted by molar-refractivity contribution is -0.129. The van der Waals surface area contributed by atoms with E-state index in [9.17, 15) is 14.7 Å². The van der Waals surface area contributed by atoms with Crippen LogP contribution >= 0.6 is 11.6 Å². The normalized spacial score (nSPS) is 16.7. The van der Waals surface area contributed by atoms with Crippen LogP contribution in [0.15, 0.2) is 50.5 Å². The van der Waals surface area contributed by atoms with Gasteiger partial charge in [-0.25, -0.2) is 0 Å². The minimum atomic E-state index is -0.836. The Balaban J connectivity index is 1.83. The van der Waals surface area contributed by atoms with E-state index in [1.54, 1.807) is 31.2 Å². The van der Waals surface area contributed by atoms with Gasteiger partial charge in [0.15, 0.2) is 22.9 Å². The summed E-state index contributed by atoms with van der Waals surface area (Å²) in [4.78, 5) is 27.5. The van der Waals surface area contributed by atoms with Crippen LogP contribution in [0.1, 0.15) is 41.5 Å². The molecule has 0 fully saturated rings. The molecule has 156 valence electrons. The van der Waals surface area contributed by atoms with E-state index in [1.807, 2.05) is 6.92 Å². The van der Waals surface area contributed by atoms with E-state index < -0.39 is 23.5 Å². The lowest BCUT2D eigenvalue weighted by atomic mass is 9.99. The number of halogens is 1. The zero-order chi connectivity index (χ0) is 21.6. The molecule has 3 heterocycles. The fourth-order valence-corrected chi connectivity index (χ4v) is 3.95. The summed E-state index contributed by atoms with van der Waals surface area (Å²) >= 11 is 6.10. The molecule has 1 atom stereocenters. The van der Waals surface area contributed by atoms with Gasteiger partial charge in [-0.3, -0.25) is 9.59 Å². The van der Waals surface area contributed by atoms with Gasteiger partial charge in [0.2, 0.25) is 5.78 Å². The van der Waals surface area contributed by atoms with Crippen LogP contribution < -0.4 is 4.74 Å². The first kappa shape index (κ1) is 20.1. The summed E-state index contributed by atoms with van der Waals surface area (Å²) in [7, 11) is 1.47. The van der Waals surface area contributed by atoms with Crippen molar-refractivity contribution in [3.05, 3.63) is 64.0 Å². The second-order valence-corrected chi connectivity index (χ2v) is 7.51. The Morgan fingerprint density at radius 1 is 1.27 bits per heavy atom. The monoisotopic (exact) mass is 429 g/mol. The van der Waals surface area contributed by atoms with Gasteiger partial charge in [-0.15, -0.1) is 0 Å². The maximum atomic E-state index is 13.4. The van der Waals surface area contributed by atoms with Gasteiger partial charge in [-0.2, -0.15) is 0 Å². The molecular weight excluding hydrogens is 410 g/mol. The van der Waals surface area contributed by atoms with Gasteiger partial charge in [-0.1, -0.05) is 18.5 Å². The highest BCUT2D eigenvalue weighted by Crippen LogP contribution is 2.41. The van der Waals surface area contributed by atoms with Crippen molar-refractivity contribution in [1.82, 2.24) is 4.90 Å². The van der Waals surface area contributed by atoms with Crippen molar-refractivity contribution in [2.24, 2.45) is 0 Å². The Hall–Kier alpha value is -3.19. The summed E-state index contributed by atoms with van der Waals surface area (Å²) in [5, 5.41) is 11.6. The highest BCUT2D eigenvalue weighted by Gasteiger charge is 2.45. The number of furan rings is 2. The van der Waals surface area contributed by atoms with Gasteiger partial charge < -0.3 is 23.6 Å². The summed E-state index contributed by atoms with van der Waals surface area (Å²) in [5.74, 6) is -0.440. The molecule has 0 saturated carbocycles. The van der Waals surface area contributed by atoms with Gasteiger partial charge >= 0.3 is 0 Å². The Bertz CT molecular complexity index is 1190. The van der Waals surface area contributed by atoms with Crippen LogP contribution in [0.25, 0.3) is 11.0 Å². The molecule has 1 amide bonds. The number of nitrogens with zero attached hydrogens (tertiary/aromatic N) is 1. The Morgan fingerprint density at radius 2 is 2.03 bits per heavy atom. The lowest BCUT2D eigenvalue weighted by Gasteiger charge is -2.24. The zero-order valence-corrected chi connectivity index (χ0v) is 17.4. The quantitative estimate of drug-likeness (QED) is 0.555. The van der Waals surface area contributed by atoms with Gasteiger partial charge in [0.1, 0.15) is 17.6 Å². The minimum Gasteiger partial charge on any atom is -0.503 e. The summed E-state index contributed by atoms with van der Waals surface area (Å²) in [6.45, 7) is 4.03. The number of aliphatic hydroxyl groups is 1. The van der Waals surface area contributed by atoms with Crippen molar-refractivity contribution in [2.75, 3.05) is 13.7 Å². The number of aryl methyl sites for hydroxylation is 1. The molecular formula is C22H20ClNO6. The number of benzene rings is 1. The number of hydrogen-bond donors (Lipinski definition) is 1. The molecule has 3 aromatic rings. The van der Waals surface area contributed by atoms with Crippen LogP contribution in [0.4, 0.5) is 0 Å². The number of hydrogen-bond acceptors (Lipinski definition) is 6. The van der Waals surface area contributed by atoms with E-state index in [0.717, 1.165) is 0 Å². The molecule has 1 aliphatic rings. The van der Waals surface area contributed by atoms with Crippen LogP contribution in [0, 0.1) is 6.92 Å². The van der Waals surface area contributed by atoms with Crippen molar-refractivity contribution in [3.63, 3.8) is 0 Å². The second-order valence-electron chi connectivity index (χ2n) is 7.08. The molecule has 1 unspecified atom stereocenters. The smallest absolute Gasteiger partial charge is 0.290 e. The van der Waals surface area contributed by atoms with Crippen LogP contribution in [0.2, 0.25) is 5.02 Å². The van der Waals surface area contributed by atoms with Crippen LogP contribution in [0.5, 0.6) is 5.75 Å². The minimum absolute atomic E-state index is 0.0356. The lowest BCUT2D eigenvalue weighted by Crippen LogP contribution is -2.31. The molecule has 0 radical (unpaired) electrons. The van der Waals surface area contributed by atoms with E-state index >= 15 is 0 Å². The second kappa shape index (κ2) is 7.57. The average Bonchev–Trinajstić information content (AvgIpc) is 3.39. The molecule has 0 bridgehead atoms. The third-order valence-corrected chi connectivity index (χ3v) is 5.25. The molecule has 8 heteroatoms. The number of ether oxygens (including phenoxy) is 1. The Morgan fingerprint density at radius 3 is 2.67 bits per heavy atom. The fraction of sp³-hybridized carbons (Fsp3) is 0.273. The first-order valence-electron chi connectivity index (χ1n) is 9.47. The first-order chi connectivity index (χ1) is 14.3. The molecule has 0 aliphatic carbocycles. The number of rotatable bonds is 6. The first-order valence-corrected chi connectivity index (χ1v) is 9.85. The standard InChI is InChI=1S/C22H20ClNO6/c1-4-7-24-18(14-6-5-11(2)29-14)17(20(26)22(24)27)19(25)15-9-12-8-13(23)10-16(28-3)21(12)30-15/h5-6,8-10,18,26H,4,7H2,1-3H3. The number of carbonyl (C=O) groups excluding carboxylic acids is 2. The Kier molecular flexibility index (Phi) is 5.07. The maximum Gasteiger partial charge on any atom is 0.290 e. The molecule has 1 aromatic carbocycles. The fourth-order valence-electron chi connectivity index (χ4n) is 3.74. The van der Waals surface area contributed by atoms with Crippen LogP contribution in [-0.4, -0.2) is 35.4 Å². The Labute approximate surface area is 177 Å². The topological polar surface area (TPSA) is 93.1 Å². The van der Waals surface area contributed by atoms with E-state index in [0.29, 0.717) is 46.2 Å².